The number of aryl methyl sites for hydroxylation is 2. The molecule has 0 fully saturated rings. The summed E-state index contributed by atoms with van der Waals surface area (Å²) in [5, 5.41) is 4.24. The van der Waals surface area contributed by atoms with Crippen LogP contribution in [0.2, 0.25) is 0 Å². The number of methoxy groups -OCH3 is 1. The molecule has 0 bridgehead atoms. The number of benzene rings is 1. The molecule has 0 N–H and O–H groups in total. The van der Waals surface area contributed by atoms with Crippen molar-refractivity contribution in [2.45, 2.75) is 26.8 Å². The van der Waals surface area contributed by atoms with Crippen molar-refractivity contribution in [3.8, 4) is 5.75 Å². The van der Waals surface area contributed by atoms with E-state index in [0.29, 0.717) is 28.0 Å². The summed E-state index contributed by atoms with van der Waals surface area (Å²) in [6.45, 7) is 4.71. The zero-order chi connectivity index (χ0) is 14.7. The van der Waals surface area contributed by atoms with Crippen LogP contribution in [0.3, 0.4) is 0 Å². The summed E-state index contributed by atoms with van der Waals surface area (Å²) in [5.74, 6) is 0.500. The third-order valence-corrected chi connectivity index (χ3v) is 3.63. The van der Waals surface area contributed by atoms with E-state index in [2.05, 4.69) is 28.0 Å². The number of carbonyl (C=O) groups excluding carboxylic acids is 1. The summed E-state index contributed by atoms with van der Waals surface area (Å²) in [4.78, 5) is 12.8. The summed E-state index contributed by atoms with van der Waals surface area (Å²) in [6, 6.07) is 5.59. The van der Waals surface area contributed by atoms with Gasteiger partial charge >= 0.3 is 0 Å². The Bertz CT molecular complexity index is 635. The van der Waals surface area contributed by atoms with Crippen LogP contribution in [0.25, 0.3) is 0 Å². The van der Waals surface area contributed by atoms with Gasteiger partial charge in [0.2, 0.25) is 5.78 Å². The van der Waals surface area contributed by atoms with Gasteiger partial charge in [0.15, 0.2) is 0 Å². The van der Waals surface area contributed by atoms with Crippen LogP contribution in [0, 0.1) is 6.92 Å². The lowest BCUT2D eigenvalue weighted by molar-refractivity contribution is 0.102. The number of hydrogen-bond acceptors (Lipinski definition) is 3. The van der Waals surface area contributed by atoms with Crippen molar-refractivity contribution >= 4 is 21.7 Å². The van der Waals surface area contributed by atoms with E-state index in [1.807, 2.05) is 25.1 Å². The Morgan fingerprint density at radius 3 is 2.85 bits per heavy atom. The monoisotopic (exact) mass is 336 g/mol. The number of nitrogens with zero attached hydrogens (tertiary/aromatic N) is 2. The van der Waals surface area contributed by atoms with Crippen LogP contribution in [0.1, 0.15) is 35.0 Å². The van der Waals surface area contributed by atoms with Gasteiger partial charge in [-0.2, -0.15) is 5.10 Å². The fourth-order valence-electron chi connectivity index (χ4n) is 2.10. The second kappa shape index (κ2) is 6.22. The summed E-state index contributed by atoms with van der Waals surface area (Å²) >= 11 is 3.41. The largest absolute Gasteiger partial charge is 0.496 e. The van der Waals surface area contributed by atoms with Crippen LogP contribution in [-0.4, -0.2) is 22.7 Å². The predicted octanol–water partition coefficient (Wildman–Crippen LogP) is 3.60. The first-order valence-electron chi connectivity index (χ1n) is 6.49. The highest BCUT2D eigenvalue weighted by molar-refractivity contribution is 9.10. The van der Waals surface area contributed by atoms with Gasteiger partial charge in [-0.15, -0.1) is 0 Å². The molecule has 0 saturated heterocycles. The third-order valence-electron chi connectivity index (χ3n) is 3.04. The highest BCUT2D eigenvalue weighted by Gasteiger charge is 2.21. The van der Waals surface area contributed by atoms with Gasteiger partial charge in [0.1, 0.15) is 11.4 Å². The molecule has 0 aliphatic rings. The van der Waals surface area contributed by atoms with Crippen LogP contribution in [0.5, 0.6) is 5.75 Å². The van der Waals surface area contributed by atoms with E-state index in [9.17, 15) is 4.79 Å². The summed E-state index contributed by atoms with van der Waals surface area (Å²) in [6.07, 6.45) is 2.57. The standard InChI is InChI=1S/C15H17BrN2O2/c1-4-7-18-14(12(16)9-17-18)15(19)11-8-10(2)5-6-13(11)20-3/h5-6,8-9H,4,7H2,1-3H3. The highest BCUT2D eigenvalue weighted by Crippen LogP contribution is 2.26. The minimum absolute atomic E-state index is 0.0802. The van der Waals surface area contributed by atoms with E-state index >= 15 is 0 Å². The van der Waals surface area contributed by atoms with Crippen molar-refractivity contribution in [1.82, 2.24) is 9.78 Å². The lowest BCUT2D eigenvalue weighted by Crippen LogP contribution is -2.13. The molecule has 0 spiro atoms. The molecule has 0 aliphatic heterocycles. The van der Waals surface area contributed by atoms with Gasteiger partial charge in [-0.05, 0) is 41.4 Å². The summed E-state index contributed by atoms with van der Waals surface area (Å²) in [7, 11) is 1.57. The average Bonchev–Trinajstić information content (AvgIpc) is 2.79. The molecule has 1 heterocycles. The van der Waals surface area contributed by atoms with Crippen molar-refractivity contribution < 1.29 is 9.53 Å². The maximum Gasteiger partial charge on any atom is 0.215 e. The van der Waals surface area contributed by atoms with Crippen molar-refractivity contribution in [2.24, 2.45) is 0 Å². The maximum atomic E-state index is 12.8. The van der Waals surface area contributed by atoms with Gasteiger partial charge in [0.25, 0.3) is 0 Å². The van der Waals surface area contributed by atoms with Gasteiger partial charge in [-0.3, -0.25) is 9.48 Å². The van der Waals surface area contributed by atoms with Crippen LogP contribution in [0.4, 0.5) is 0 Å². The van der Waals surface area contributed by atoms with Crippen LogP contribution in [-0.2, 0) is 6.54 Å². The zero-order valence-electron chi connectivity index (χ0n) is 11.8. The van der Waals surface area contributed by atoms with E-state index in [4.69, 9.17) is 4.74 Å². The molecule has 1 aromatic heterocycles. The van der Waals surface area contributed by atoms with Gasteiger partial charge in [0, 0.05) is 6.54 Å². The van der Waals surface area contributed by atoms with Gasteiger partial charge in [-0.1, -0.05) is 18.6 Å². The molecule has 20 heavy (non-hydrogen) atoms. The van der Waals surface area contributed by atoms with E-state index in [0.717, 1.165) is 12.0 Å². The lowest BCUT2D eigenvalue weighted by atomic mass is 10.0. The fraction of sp³-hybridized carbons (Fsp3) is 0.333. The minimum atomic E-state index is -0.0802. The number of ether oxygens (including phenoxy) is 1. The molecule has 2 rings (SSSR count). The molecule has 0 atom stereocenters. The molecule has 0 amide bonds. The molecule has 0 radical (unpaired) electrons. The van der Waals surface area contributed by atoms with E-state index in [1.165, 1.54) is 0 Å². The Balaban J connectivity index is 2.51. The second-order valence-electron chi connectivity index (χ2n) is 4.60. The highest BCUT2D eigenvalue weighted by atomic mass is 79.9. The molecule has 1 aromatic carbocycles. The topological polar surface area (TPSA) is 44.1 Å². The smallest absolute Gasteiger partial charge is 0.215 e. The van der Waals surface area contributed by atoms with Crippen molar-refractivity contribution in [2.75, 3.05) is 7.11 Å². The average molecular weight is 337 g/mol. The van der Waals surface area contributed by atoms with Crippen LogP contribution in [0.15, 0.2) is 28.9 Å². The minimum Gasteiger partial charge on any atom is -0.496 e. The number of ketones is 1. The Kier molecular flexibility index (Phi) is 4.60. The number of hydrogen-bond donors (Lipinski definition) is 0. The molecule has 0 unspecified atom stereocenters. The lowest BCUT2D eigenvalue weighted by Gasteiger charge is -2.10. The molecule has 0 aliphatic carbocycles. The van der Waals surface area contributed by atoms with E-state index in [1.54, 1.807) is 18.0 Å². The van der Waals surface area contributed by atoms with Gasteiger partial charge < -0.3 is 4.74 Å². The van der Waals surface area contributed by atoms with Crippen LogP contribution < -0.4 is 4.74 Å². The number of halogens is 1. The SMILES string of the molecule is CCCn1ncc(Br)c1C(=O)c1cc(C)ccc1OC. The van der Waals surface area contributed by atoms with E-state index in [-0.39, 0.29) is 5.78 Å². The molecular formula is C15H17BrN2O2. The van der Waals surface area contributed by atoms with E-state index < -0.39 is 0 Å². The Labute approximate surface area is 126 Å². The molecule has 4 nitrogen and oxygen atoms in total. The molecule has 106 valence electrons. The second-order valence-corrected chi connectivity index (χ2v) is 5.45. The molecule has 2 aromatic rings. The fourth-order valence-corrected chi connectivity index (χ4v) is 2.57. The predicted molar refractivity (Wildman–Crippen MR) is 81.4 cm³/mol. The Hall–Kier alpha value is -1.62. The third kappa shape index (κ3) is 2.77. The van der Waals surface area contributed by atoms with Crippen molar-refractivity contribution in [1.29, 1.82) is 0 Å². The van der Waals surface area contributed by atoms with Crippen molar-refractivity contribution in [3.63, 3.8) is 0 Å². The maximum absolute atomic E-state index is 12.8. The molecule has 0 saturated carbocycles. The molecular weight excluding hydrogens is 320 g/mol. The zero-order valence-corrected chi connectivity index (χ0v) is 13.4. The van der Waals surface area contributed by atoms with Crippen LogP contribution >= 0.6 is 15.9 Å². The first-order chi connectivity index (χ1) is 9.58. The summed E-state index contributed by atoms with van der Waals surface area (Å²) < 4.78 is 7.73. The normalized spacial score (nSPS) is 10.6. The van der Waals surface area contributed by atoms with Crippen molar-refractivity contribution in [3.05, 3.63) is 45.7 Å². The number of rotatable bonds is 5. The molecule has 5 heteroatoms. The van der Waals surface area contributed by atoms with Gasteiger partial charge in [0.05, 0.1) is 23.3 Å². The first kappa shape index (κ1) is 14.8. The number of aromatic nitrogens is 2. The first-order valence-corrected chi connectivity index (χ1v) is 7.28. The number of carbonyl (C=O) groups is 1. The van der Waals surface area contributed by atoms with Gasteiger partial charge in [-0.25, -0.2) is 0 Å². The Morgan fingerprint density at radius 1 is 1.45 bits per heavy atom. The summed E-state index contributed by atoms with van der Waals surface area (Å²) in [5.41, 5.74) is 2.15. The Morgan fingerprint density at radius 2 is 2.20 bits per heavy atom. The quantitative estimate of drug-likeness (QED) is 0.783.